The summed E-state index contributed by atoms with van der Waals surface area (Å²) in [6.07, 6.45) is 1.74. The predicted octanol–water partition coefficient (Wildman–Crippen LogP) is 1.49. The SMILES string of the molecule is CC(CCO)NC1CC(N)c2ccccc21. The van der Waals surface area contributed by atoms with Crippen molar-refractivity contribution < 1.29 is 5.11 Å². The number of nitrogens with one attached hydrogen (secondary N) is 1. The number of nitrogens with two attached hydrogens (primary N) is 1. The Bertz CT molecular complexity index is 354. The molecule has 2 rings (SSSR count). The summed E-state index contributed by atoms with van der Waals surface area (Å²) in [5, 5.41) is 12.4. The first kappa shape index (κ1) is 11.6. The summed E-state index contributed by atoms with van der Waals surface area (Å²) in [4.78, 5) is 0. The molecule has 0 aliphatic heterocycles. The number of aliphatic hydroxyl groups excluding tert-OH is 1. The van der Waals surface area contributed by atoms with Gasteiger partial charge in [-0.3, -0.25) is 0 Å². The zero-order valence-electron chi connectivity index (χ0n) is 9.69. The molecule has 1 aliphatic rings. The lowest BCUT2D eigenvalue weighted by atomic mass is 10.1. The first-order valence-electron chi connectivity index (χ1n) is 5.93. The zero-order valence-corrected chi connectivity index (χ0v) is 9.69. The molecule has 0 fully saturated rings. The van der Waals surface area contributed by atoms with Crippen LogP contribution in [0.4, 0.5) is 0 Å². The maximum atomic E-state index is 8.89. The van der Waals surface area contributed by atoms with Crippen LogP contribution in [0.25, 0.3) is 0 Å². The van der Waals surface area contributed by atoms with Gasteiger partial charge in [0.1, 0.15) is 0 Å². The normalized spacial score (nSPS) is 25.4. The number of rotatable bonds is 4. The lowest BCUT2D eigenvalue weighted by Crippen LogP contribution is -2.30. The molecule has 3 heteroatoms. The van der Waals surface area contributed by atoms with E-state index in [4.69, 9.17) is 10.8 Å². The third-order valence-corrected chi connectivity index (χ3v) is 3.31. The summed E-state index contributed by atoms with van der Waals surface area (Å²) in [6, 6.07) is 9.17. The van der Waals surface area contributed by atoms with Crippen molar-refractivity contribution in [3.8, 4) is 0 Å². The molecule has 1 aromatic carbocycles. The third-order valence-electron chi connectivity index (χ3n) is 3.31. The first-order chi connectivity index (χ1) is 7.72. The third kappa shape index (κ3) is 2.26. The summed E-state index contributed by atoms with van der Waals surface area (Å²) in [6.45, 7) is 2.33. The fourth-order valence-electron chi connectivity index (χ4n) is 2.45. The Morgan fingerprint density at radius 3 is 2.81 bits per heavy atom. The fraction of sp³-hybridized carbons (Fsp3) is 0.538. The molecule has 0 saturated heterocycles. The lowest BCUT2D eigenvalue weighted by molar-refractivity contribution is 0.262. The van der Waals surface area contributed by atoms with Gasteiger partial charge in [-0.15, -0.1) is 0 Å². The Kier molecular flexibility index (Phi) is 3.59. The van der Waals surface area contributed by atoms with Crippen LogP contribution in [0.15, 0.2) is 24.3 Å². The van der Waals surface area contributed by atoms with E-state index < -0.39 is 0 Å². The number of benzene rings is 1. The summed E-state index contributed by atoms with van der Waals surface area (Å²) >= 11 is 0. The Balaban J connectivity index is 2.09. The van der Waals surface area contributed by atoms with E-state index in [2.05, 4.69) is 30.4 Å². The maximum Gasteiger partial charge on any atom is 0.0445 e. The highest BCUT2D eigenvalue weighted by Crippen LogP contribution is 2.37. The zero-order chi connectivity index (χ0) is 11.5. The molecule has 16 heavy (non-hydrogen) atoms. The largest absolute Gasteiger partial charge is 0.396 e. The van der Waals surface area contributed by atoms with Gasteiger partial charge in [-0.25, -0.2) is 0 Å². The standard InChI is InChI=1S/C13H20N2O/c1-9(6-7-16)15-13-8-12(14)10-4-2-3-5-11(10)13/h2-5,9,12-13,15-16H,6-8,14H2,1H3. The van der Waals surface area contributed by atoms with Crippen molar-refractivity contribution in [3.05, 3.63) is 35.4 Å². The minimum Gasteiger partial charge on any atom is -0.396 e. The van der Waals surface area contributed by atoms with Gasteiger partial charge in [0, 0.05) is 24.7 Å². The van der Waals surface area contributed by atoms with Crippen LogP contribution in [-0.2, 0) is 0 Å². The minimum atomic E-state index is 0.148. The van der Waals surface area contributed by atoms with E-state index in [9.17, 15) is 0 Å². The highest BCUT2D eigenvalue weighted by molar-refractivity contribution is 5.37. The van der Waals surface area contributed by atoms with E-state index in [1.54, 1.807) is 0 Å². The molecule has 4 N–H and O–H groups in total. The molecule has 0 bridgehead atoms. The molecular formula is C13H20N2O. The Labute approximate surface area is 96.7 Å². The van der Waals surface area contributed by atoms with Crippen molar-refractivity contribution in [2.24, 2.45) is 5.73 Å². The van der Waals surface area contributed by atoms with Crippen molar-refractivity contribution in [2.45, 2.75) is 37.9 Å². The molecule has 0 aromatic heterocycles. The molecule has 0 spiro atoms. The number of hydrogen-bond donors (Lipinski definition) is 3. The minimum absolute atomic E-state index is 0.148. The van der Waals surface area contributed by atoms with Gasteiger partial charge in [0.25, 0.3) is 0 Å². The second-order valence-electron chi connectivity index (χ2n) is 4.60. The van der Waals surface area contributed by atoms with Gasteiger partial charge in [-0.1, -0.05) is 24.3 Å². The molecule has 3 unspecified atom stereocenters. The molecule has 0 heterocycles. The van der Waals surface area contributed by atoms with Crippen LogP contribution < -0.4 is 11.1 Å². The smallest absolute Gasteiger partial charge is 0.0445 e. The Hall–Kier alpha value is -0.900. The van der Waals surface area contributed by atoms with Crippen molar-refractivity contribution in [1.82, 2.24) is 5.32 Å². The predicted molar refractivity (Wildman–Crippen MR) is 65.0 cm³/mol. The van der Waals surface area contributed by atoms with Gasteiger partial charge in [-0.2, -0.15) is 0 Å². The lowest BCUT2D eigenvalue weighted by Gasteiger charge is -2.19. The molecular weight excluding hydrogens is 200 g/mol. The molecule has 0 radical (unpaired) electrons. The van der Waals surface area contributed by atoms with Gasteiger partial charge in [0.15, 0.2) is 0 Å². The number of hydrogen-bond acceptors (Lipinski definition) is 3. The van der Waals surface area contributed by atoms with E-state index in [-0.39, 0.29) is 12.6 Å². The molecule has 0 saturated carbocycles. The van der Waals surface area contributed by atoms with E-state index >= 15 is 0 Å². The molecule has 3 nitrogen and oxygen atoms in total. The first-order valence-corrected chi connectivity index (χ1v) is 5.93. The van der Waals surface area contributed by atoms with Crippen molar-refractivity contribution in [1.29, 1.82) is 0 Å². The van der Waals surface area contributed by atoms with E-state index in [0.29, 0.717) is 12.1 Å². The van der Waals surface area contributed by atoms with Crippen LogP contribution in [-0.4, -0.2) is 17.8 Å². The summed E-state index contributed by atoms with van der Waals surface area (Å²) < 4.78 is 0. The topological polar surface area (TPSA) is 58.3 Å². The molecule has 1 aromatic rings. The highest BCUT2D eigenvalue weighted by Gasteiger charge is 2.28. The van der Waals surface area contributed by atoms with Crippen molar-refractivity contribution in [3.63, 3.8) is 0 Å². The second-order valence-corrected chi connectivity index (χ2v) is 4.60. The van der Waals surface area contributed by atoms with E-state index in [1.807, 2.05) is 6.07 Å². The maximum absolute atomic E-state index is 8.89. The van der Waals surface area contributed by atoms with Gasteiger partial charge in [-0.05, 0) is 30.9 Å². The molecule has 3 atom stereocenters. The summed E-state index contributed by atoms with van der Waals surface area (Å²) in [7, 11) is 0. The van der Waals surface area contributed by atoms with Crippen molar-refractivity contribution >= 4 is 0 Å². The van der Waals surface area contributed by atoms with E-state index in [0.717, 1.165) is 12.8 Å². The van der Waals surface area contributed by atoms with Crippen LogP contribution in [0, 0.1) is 0 Å². The molecule has 0 amide bonds. The van der Waals surface area contributed by atoms with Crippen LogP contribution in [0.3, 0.4) is 0 Å². The second kappa shape index (κ2) is 4.95. The van der Waals surface area contributed by atoms with Gasteiger partial charge in [0.2, 0.25) is 0 Å². The average Bonchev–Trinajstić information content (AvgIpc) is 2.57. The number of aliphatic hydroxyl groups is 1. The quantitative estimate of drug-likeness (QED) is 0.720. The van der Waals surface area contributed by atoms with Crippen LogP contribution in [0.5, 0.6) is 0 Å². The van der Waals surface area contributed by atoms with Crippen LogP contribution in [0.2, 0.25) is 0 Å². The van der Waals surface area contributed by atoms with Crippen molar-refractivity contribution in [2.75, 3.05) is 6.61 Å². The van der Waals surface area contributed by atoms with Crippen LogP contribution in [0.1, 0.15) is 43.0 Å². The van der Waals surface area contributed by atoms with Gasteiger partial charge in [0.05, 0.1) is 0 Å². The number of fused-ring (bicyclic) bond motifs is 1. The van der Waals surface area contributed by atoms with Gasteiger partial charge >= 0.3 is 0 Å². The Morgan fingerprint density at radius 1 is 1.44 bits per heavy atom. The monoisotopic (exact) mass is 220 g/mol. The molecule has 1 aliphatic carbocycles. The Morgan fingerprint density at radius 2 is 2.12 bits per heavy atom. The summed E-state index contributed by atoms with van der Waals surface area (Å²) in [5.41, 5.74) is 8.68. The molecule has 88 valence electrons. The van der Waals surface area contributed by atoms with Gasteiger partial charge < -0.3 is 16.2 Å². The highest BCUT2D eigenvalue weighted by atomic mass is 16.3. The summed E-state index contributed by atoms with van der Waals surface area (Å²) in [5.74, 6) is 0. The van der Waals surface area contributed by atoms with E-state index in [1.165, 1.54) is 11.1 Å². The average molecular weight is 220 g/mol. The van der Waals surface area contributed by atoms with Crippen LogP contribution >= 0.6 is 0 Å². The fourth-order valence-corrected chi connectivity index (χ4v) is 2.45.